The lowest BCUT2D eigenvalue weighted by Crippen LogP contribution is -2.64. The number of fused-ring (bicyclic) bond motifs is 1. The molecule has 2 saturated heterocycles. The zero-order valence-corrected chi connectivity index (χ0v) is 24.9. The van der Waals surface area contributed by atoms with E-state index in [1.54, 1.807) is 0 Å². The zero-order valence-electron chi connectivity index (χ0n) is 24.9. The Morgan fingerprint density at radius 3 is 2.23 bits per heavy atom. The Morgan fingerprint density at radius 2 is 1.54 bits per heavy atom. The predicted octanol–water partition coefficient (Wildman–Crippen LogP) is -1.37. The summed E-state index contributed by atoms with van der Waals surface area (Å²) in [5.41, 5.74) is -0.743. The first kappa shape index (κ1) is 34.8. The molecule has 3 heterocycles. The molecule has 0 spiro atoms. The van der Waals surface area contributed by atoms with E-state index >= 15 is 0 Å². The highest BCUT2D eigenvalue weighted by Gasteiger charge is 2.51. The minimum absolute atomic E-state index is 0.0745. The van der Waals surface area contributed by atoms with Crippen LogP contribution in [-0.4, -0.2) is 126 Å². The Hall–Kier alpha value is -4.53. The average molecular weight is 681 g/mol. The van der Waals surface area contributed by atoms with Gasteiger partial charge in [-0.2, -0.15) is 0 Å². The highest BCUT2D eigenvalue weighted by atomic mass is 16.8. The molecule has 2 fully saturated rings. The molecule has 18 nitrogen and oxygen atoms in total. The van der Waals surface area contributed by atoms with Gasteiger partial charge in [0.25, 0.3) is 0 Å². The molecule has 10 atom stereocenters. The maximum atomic E-state index is 12.9. The Labute approximate surface area is 269 Å². The van der Waals surface area contributed by atoms with Crippen LogP contribution in [0.2, 0.25) is 0 Å². The number of aromatic hydroxyl groups is 3. The van der Waals surface area contributed by atoms with Crippen LogP contribution in [0.4, 0.5) is 0 Å². The number of hydrogen-bond donors (Lipinski definition) is 9. The molecule has 2 aromatic carbocycles. The third-order valence-corrected chi connectivity index (χ3v) is 7.74. The number of carboxylic acid groups (broad SMARTS) is 1. The van der Waals surface area contributed by atoms with E-state index in [0.29, 0.717) is 0 Å². The summed E-state index contributed by atoms with van der Waals surface area (Å²) in [5.74, 6) is -4.56. The molecule has 18 heteroatoms. The molecule has 9 N–H and O–H groups in total. The molecule has 260 valence electrons. The number of phenols is 3. The lowest BCUT2D eigenvalue weighted by atomic mass is 9.97. The molecule has 0 radical (unpaired) electrons. The van der Waals surface area contributed by atoms with E-state index < -0.39 is 109 Å². The number of benzene rings is 2. The van der Waals surface area contributed by atoms with Crippen LogP contribution in [0.1, 0.15) is 13.3 Å². The van der Waals surface area contributed by atoms with Crippen molar-refractivity contribution >= 4 is 22.9 Å². The van der Waals surface area contributed by atoms with Crippen LogP contribution >= 0.6 is 0 Å². The van der Waals surface area contributed by atoms with Crippen LogP contribution in [0.25, 0.3) is 22.3 Å². The Bertz CT molecular complexity index is 1720. The summed E-state index contributed by atoms with van der Waals surface area (Å²) in [5, 5.41) is 91.4. The molecule has 5 rings (SSSR count). The summed E-state index contributed by atoms with van der Waals surface area (Å²) in [4.78, 5) is 35.6. The number of aliphatic carboxylic acids is 1. The molecule has 0 saturated carbocycles. The standard InChI is InChI=1S/C30H32O18/c1-10-23(38)25(40)27(42)29(44-10)48-28-26(41)24(39)19(9-43-21(37)8-20(35)36)47-30(28)45-12-5-15(33)22-16(34)7-17(46-18(22)6-12)11-2-3-13(31)14(32)4-11/h2-7,10,19,23-33,38-42H,8-9H2,1H3,(H,35,36). The number of carbonyl (C=O) groups is 2. The van der Waals surface area contributed by atoms with Crippen LogP contribution in [-0.2, 0) is 28.5 Å². The predicted molar refractivity (Wildman–Crippen MR) is 155 cm³/mol. The number of hydrogen-bond acceptors (Lipinski definition) is 17. The van der Waals surface area contributed by atoms with Gasteiger partial charge in [-0.25, -0.2) is 0 Å². The fourth-order valence-electron chi connectivity index (χ4n) is 5.18. The summed E-state index contributed by atoms with van der Waals surface area (Å²) >= 11 is 0. The Morgan fingerprint density at radius 1 is 0.812 bits per heavy atom. The molecule has 10 unspecified atom stereocenters. The van der Waals surface area contributed by atoms with Gasteiger partial charge in [-0.15, -0.1) is 0 Å². The van der Waals surface area contributed by atoms with Crippen LogP contribution in [0, 0.1) is 0 Å². The van der Waals surface area contributed by atoms with E-state index in [1.807, 2.05) is 0 Å². The molecule has 2 aliphatic rings. The monoisotopic (exact) mass is 680 g/mol. The Kier molecular flexibility index (Phi) is 10.1. The number of phenolic OH excluding ortho intramolecular Hbond substituents is 3. The third-order valence-electron chi connectivity index (χ3n) is 7.74. The first-order valence-electron chi connectivity index (χ1n) is 14.4. The highest BCUT2D eigenvalue weighted by Crippen LogP contribution is 2.36. The van der Waals surface area contributed by atoms with E-state index in [-0.39, 0.29) is 28.0 Å². The fourth-order valence-corrected chi connectivity index (χ4v) is 5.18. The molecule has 0 amide bonds. The molecule has 2 aliphatic heterocycles. The van der Waals surface area contributed by atoms with Crippen molar-refractivity contribution in [1.82, 2.24) is 0 Å². The van der Waals surface area contributed by atoms with Crippen molar-refractivity contribution in [2.75, 3.05) is 6.61 Å². The molecular weight excluding hydrogens is 648 g/mol. The first-order chi connectivity index (χ1) is 22.6. The van der Waals surface area contributed by atoms with Crippen molar-refractivity contribution < 1.29 is 83.6 Å². The SMILES string of the molecule is CC1OC(OC2C(Oc3cc(O)c4c(=O)cc(-c5ccc(O)c(O)c5)oc4c3)OC(COC(=O)CC(=O)O)C(O)C2O)C(O)C(O)C1O. The summed E-state index contributed by atoms with van der Waals surface area (Å²) in [6, 6.07) is 6.82. The number of rotatable bonds is 9. The van der Waals surface area contributed by atoms with Gasteiger partial charge in [0.05, 0.1) is 6.10 Å². The second kappa shape index (κ2) is 13.9. The quantitative estimate of drug-likeness (QED) is 0.0716. The minimum Gasteiger partial charge on any atom is -0.507 e. The summed E-state index contributed by atoms with van der Waals surface area (Å²) in [7, 11) is 0. The maximum Gasteiger partial charge on any atom is 0.317 e. The lowest BCUT2D eigenvalue weighted by molar-refractivity contribution is -0.354. The van der Waals surface area contributed by atoms with Crippen molar-refractivity contribution in [3.05, 3.63) is 46.6 Å². The minimum atomic E-state index is -1.94. The Balaban J connectivity index is 1.48. The number of carbonyl (C=O) groups excluding carboxylic acids is 1. The third kappa shape index (κ3) is 7.15. The molecule has 48 heavy (non-hydrogen) atoms. The molecule has 3 aromatic rings. The fraction of sp³-hybridized carbons (Fsp3) is 0.433. The van der Waals surface area contributed by atoms with Gasteiger partial charge in [-0.1, -0.05) is 0 Å². The van der Waals surface area contributed by atoms with Crippen molar-refractivity contribution in [2.24, 2.45) is 0 Å². The van der Waals surface area contributed by atoms with Crippen LogP contribution in [0.15, 0.2) is 45.6 Å². The van der Waals surface area contributed by atoms with E-state index in [0.717, 1.165) is 30.3 Å². The van der Waals surface area contributed by atoms with Crippen molar-refractivity contribution in [1.29, 1.82) is 0 Å². The number of ether oxygens (including phenoxy) is 5. The second-order valence-electron chi connectivity index (χ2n) is 11.2. The van der Waals surface area contributed by atoms with Crippen molar-refractivity contribution in [3.63, 3.8) is 0 Å². The normalized spacial score (nSPS) is 30.5. The lowest BCUT2D eigenvalue weighted by Gasteiger charge is -2.45. The van der Waals surface area contributed by atoms with Crippen LogP contribution < -0.4 is 10.2 Å². The molecular formula is C30H32O18. The van der Waals surface area contributed by atoms with Gasteiger partial charge >= 0.3 is 11.9 Å². The largest absolute Gasteiger partial charge is 0.507 e. The number of aliphatic hydroxyl groups excluding tert-OH is 5. The van der Waals surface area contributed by atoms with Crippen molar-refractivity contribution in [2.45, 2.75) is 74.8 Å². The molecule has 0 aliphatic carbocycles. The van der Waals surface area contributed by atoms with Crippen LogP contribution in [0.3, 0.4) is 0 Å². The van der Waals surface area contributed by atoms with Gasteiger partial charge in [-0.3, -0.25) is 14.4 Å². The maximum absolute atomic E-state index is 12.9. The zero-order chi connectivity index (χ0) is 35.0. The van der Waals surface area contributed by atoms with Gasteiger partial charge in [-0.05, 0) is 25.1 Å². The van der Waals surface area contributed by atoms with E-state index in [4.69, 9.17) is 33.2 Å². The summed E-state index contributed by atoms with van der Waals surface area (Å²) in [6.45, 7) is 0.607. The van der Waals surface area contributed by atoms with E-state index in [9.17, 15) is 55.2 Å². The van der Waals surface area contributed by atoms with Crippen LogP contribution in [0.5, 0.6) is 23.0 Å². The smallest absolute Gasteiger partial charge is 0.317 e. The van der Waals surface area contributed by atoms with Gasteiger partial charge in [0.15, 0.2) is 29.3 Å². The summed E-state index contributed by atoms with van der Waals surface area (Å²) in [6.07, 6.45) is -17.8. The highest BCUT2D eigenvalue weighted by molar-refractivity contribution is 5.90. The van der Waals surface area contributed by atoms with E-state index in [1.165, 1.54) is 13.0 Å². The number of carboxylic acids is 1. The molecule has 0 bridgehead atoms. The topological polar surface area (TPSA) is 293 Å². The van der Waals surface area contributed by atoms with Gasteiger partial charge in [0.1, 0.15) is 77.9 Å². The van der Waals surface area contributed by atoms with E-state index in [2.05, 4.69) is 0 Å². The van der Waals surface area contributed by atoms with Crippen molar-refractivity contribution in [3.8, 4) is 34.3 Å². The number of esters is 1. The second-order valence-corrected chi connectivity index (χ2v) is 11.2. The van der Waals surface area contributed by atoms with Gasteiger partial charge in [0, 0.05) is 23.8 Å². The number of aliphatic hydroxyl groups is 5. The molecule has 1 aromatic heterocycles. The first-order valence-corrected chi connectivity index (χ1v) is 14.4. The average Bonchev–Trinajstić information content (AvgIpc) is 3.02. The van der Waals surface area contributed by atoms with Gasteiger partial charge in [0.2, 0.25) is 6.29 Å². The summed E-state index contributed by atoms with van der Waals surface area (Å²) < 4.78 is 33.3. The van der Waals surface area contributed by atoms with Gasteiger partial charge < -0.3 is 74.1 Å².